The van der Waals surface area contributed by atoms with Crippen molar-refractivity contribution in [2.75, 3.05) is 7.11 Å². The molecule has 2 aromatic carbocycles. The first-order chi connectivity index (χ1) is 9.61. The first kappa shape index (κ1) is 14.3. The van der Waals surface area contributed by atoms with Crippen LogP contribution in [0.3, 0.4) is 0 Å². The number of hydrogen-bond donors (Lipinski definition) is 0. The van der Waals surface area contributed by atoms with Crippen molar-refractivity contribution < 1.29 is 13.9 Å². The number of carbonyl (C=O) groups excluding carboxylic acids is 1. The number of ether oxygens (including phenoxy) is 1. The molecule has 0 spiro atoms. The minimum Gasteiger partial charge on any atom is -0.497 e. The molecule has 0 fully saturated rings. The van der Waals surface area contributed by atoms with Gasteiger partial charge in [-0.2, -0.15) is 0 Å². The Bertz CT molecular complexity index is 628. The quantitative estimate of drug-likeness (QED) is 0.617. The Kier molecular flexibility index (Phi) is 4.53. The maximum absolute atomic E-state index is 13.5. The van der Waals surface area contributed by atoms with Gasteiger partial charge in [0.2, 0.25) is 0 Å². The van der Waals surface area contributed by atoms with Crippen molar-refractivity contribution in [3.05, 3.63) is 70.5 Å². The molecule has 0 unspecified atom stereocenters. The first-order valence-corrected chi connectivity index (χ1v) is 6.30. The van der Waals surface area contributed by atoms with E-state index >= 15 is 0 Å². The lowest BCUT2D eigenvalue weighted by molar-refractivity contribution is 0.104. The van der Waals surface area contributed by atoms with E-state index in [2.05, 4.69) is 0 Å². The summed E-state index contributed by atoms with van der Waals surface area (Å²) in [6.45, 7) is 0. The lowest BCUT2D eigenvalue weighted by atomic mass is 10.1. The van der Waals surface area contributed by atoms with Crippen molar-refractivity contribution in [2.24, 2.45) is 0 Å². The molecule has 20 heavy (non-hydrogen) atoms. The highest BCUT2D eigenvalue weighted by Crippen LogP contribution is 2.20. The number of methoxy groups -OCH3 is 1. The molecule has 0 saturated carbocycles. The van der Waals surface area contributed by atoms with Gasteiger partial charge in [0.25, 0.3) is 0 Å². The molecular formula is C16H12ClFO2. The van der Waals surface area contributed by atoms with Crippen molar-refractivity contribution in [3.63, 3.8) is 0 Å². The van der Waals surface area contributed by atoms with E-state index in [1.165, 1.54) is 24.3 Å². The van der Waals surface area contributed by atoms with Gasteiger partial charge in [0.1, 0.15) is 11.6 Å². The van der Waals surface area contributed by atoms with E-state index in [1.54, 1.807) is 37.4 Å². The summed E-state index contributed by atoms with van der Waals surface area (Å²) in [5.74, 6) is -0.0223. The molecule has 0 radical (unpaired) electrons. The summed E-state index contributed by atoms with van der Waals surface area (Å²) in [7, 11) is 1.55. The van der Waals surface area contributed by atoms with Crippen LogP contribution in [-0.2, 0) is 0 Å². The van der Waals surface area contributed by atoms with Gasteiger partial charge in [0.05, 0.1) is 12.1 Å². The van der Waals surface area contributed by atoms with Crippen LogP contribution in [-0.4, -0.2) is 12.9 Å². The molecule has 0 atom stereocenters. The standard InChI is InChI=1S/C16H12ClFO2/c1-20-12-7-5-11(6-8-12)16(19)10-9-13-14(17)3-2-4-15(13)18/h2-10H,1H3. The van der Waals surface area contributed by atoms with E-state index in [0.29, 0.717) is 11.3 Å². The van der Waals surface area contributed by atoms with E-state index in [1.807, 2.05) is 0 Å². The molecule has 0 aliphatic heterocycles. The van der Waals surface area contributed by atoms with Crippen LogP contribution in [0.1, 0.15) is 15.9 Å². The molecule has 0 aliphatic rings. The third kappa shape index (κ3) is 3.25. The number of carbonyl (C=O) groups is 1. The van der Waals surface area contributed by atoms with Gasteiger partial charge in [0, 0.05) is 11.1 Å². The zero-order valence-electron chi connectivity index (χ0n) is 10.8. The second kappa shape index (κ2) is 6.35. The lowest BCUT2D eigenvalue weighted by Crippen LogP contribution is -1.94. The highest BCUT2D eigenvalue weighted by Gasteiger charge is 2.05. The van der Waals surface area contributed by atoms with Crippen LogP contribution in [0.2, 0.25) is 5.02 Å². The fourth-order valence-corrected chi connectivity index (χ4v) is 1.91. The van der Waals surface area contributed by atoms with E-state index in [-0.39, 0.29) is 16.4 Å². The Labute approximate surface area is 121 Å². The summed E-state index contributed by atoms with van der Waals surface area (Å²) in [5.41, 5.74) is 0.700. The minimum absolute atomic E-state index is 0.205. The number of allylic oxidation sites excluding steroid dienone is 1. The predicted octanol–water partition coefficient (Wildman–Crippen LogP) is 4.38. The van der Waals surface area contributed by atoms with Crippen LogP contribution in [0.25, 0.3) is 6.08 Å². The van der Waals surface area contributed by atoms with E-state index in [9.17, 15) is 9.18 Å². The Morgan fingerprint density at radius 2 is 1.90 bits per heavy atom. The fraction of sp³-hybridized carbons (Fsp3) is 0.0625. The van der Waals surface area contributed by atoms with Crippen LogP contribution >= 0.6 is 11.6 Å². The molecule has 0 bridgehead atoms. The molecule has 102 valence electrons. The van der Waals surface area contributed by atoms with Crippen LogP contribution in [0.5, 0.6) is 5.75 Å². The summed E-state index contributed by atoms with van der Waals surface area (Å²) in [6, 6.07) is 11.1. The summed E-state index contributed by atoms with van der Waals surface area (Å²) < 4.78 is 18.6. The van der Waals surface area contributed by atoms with Gasteiger partial charge in [-0.1, -0.05) is 17.7 Å². The minimum atomic E-state index is -0.462. The van der Waals surface area contributed by atoms with Crippen LogP contribution < -0.4 is 4.74 Å². The lowest BCUT2D eigenvalue weighted by Gasteiger charge is -2.01. The molecule has 0 N–H and O–H groups in total. The number of halogens is 2. The number of hydrogen-bond acceptors (Lipinski definition) is 2. The molecule has 2 rings (SSSR count). The third-order valence-corrected chi connectivity index (χ3v) is 3.11. The van der Waals surface area contributed by atoms with Gasteiger partial charge in [0.15, 0.2) is 5.78 Å². The molecule has 0 aromatic heterocycles. The second-order valence-corrected chi connectivity index (χ2v) is 4.47. The van der Waals surface area contributed by atoms with Gasteiger partial charge in [-0.05, 0) is 48.6 Å². The third-order valence-electron chi connectivity index (χ3n) is 2.78. The van der Waals surface area contributed by atoms with Crippen LogP contribution in [0.15, 0.2) is 48.5 Å². The average Bonchev–Trinajstić information content (AvgIpc) is 2.46. The average molecular weight is 291 g/mol. The summed E-state index contributed by atoms with van der Waals surface area (Å²) in [6.07, 6.45) is 2.68. The molecule has 0 heterocycles. The largest absolute Gasteiger partial charge is 0.497 e. The molecule has 2 aromatic rings. The molecule has 0 aliphatic carbocycles. The topological polar surface area (TPSA) is 26.3 Å². The second-order valence-electron chi connectivity index (χ2n) is 4.06. The normalized spacial score (nSPS) is 10.8. The van der Waals surface area contributed by atoms with Crippen molar-refractivity contribution in [1.29, 1.82) is 0 Å². The first-order valence-electron chi connectivity index (χ1n) is 5.92. The zero-order chi connectivity index (χ0) is 14.5. The smallest absolute Gasteiger partial charge is 0.185 e. The van der Waals surface area contributed by atoms with Crippen molar-refractivity contribution in [2.45, 2.75) is 0 Å². The Balaban J connectivity index is 2.20. The van der Waals surface area contributed by atoms with Crippen LogP contribution in [0, 0.1) is 5.82 Å². The number of benzene rings is 2. The monoisotopic (exact) mass is 290 g/mol. The van der Waals surface area contributed by atoms with Gasteiger partial charge in [-0.25, -0.2) is 4.39 Å². The van der Waals surface area contributed by atoms with Gasteiger partial charge >= 0.3 is 0 Å². The van der Waals surface area contributed by atoms with Gasteiger partial charge in [-0.15, -0.1) is 0 Å². The van der Waals surface area contributed by atoms with Crippen molar-refractivity contribution in [3.8, 4) is 5.75 Å². The Morgan fingerprint density at radius 1 is 1.20 bits per heavy atom. The van der Waals surface area contributed by atoms with Gasteiger partial charge in [-0.3, -0.25) is 4.79 Å². The fourth-order valence-electron chi connectivity index (χ4n) is 1.68. The molecule has 0 amide bonds. The molecule has 4 heteroatoms. The summed E-state index contributed by atoms with van der Waals surface area (Å²) >= 11 is 5.88. The summed E-state index contributed by atoms with van der Waals surface area (Å²) in [4.78, 5) is 11.9. The highest BCUT2D eigenvalue weighted by atomic mass is 35.5. The van der Waals surface area contributed by atoms with E-state index in [0.717, 1.165) is 0 Å². The van der Waals surface area contributed by atoms with Crippen molar-refractivity contribution in [1.82, 2.24) is 0 Å². The van der Waals surface area contributed by atoms with E-state index in [4.69, 9.17) is 16.3 Å². The van der Waals surface area contributed by atoms with Crippen molar-refractivity contribution >= 4 is 23.5 Å². The SMILES string of the molecule is COc1ccc(C(=O)C=Cc2c(F)cccc2Cl)cc1. The predicted molar refractivity (Wildman–Crippen MR) is 77.8 cm³/mol. The molecular weight excluding hydrogens is 279 g/mol. The maximum atomic E-state index is 13.5. The molecule has 0 saturated heterocycles. The number of ketones is 1. The Hall–Kier alpha value is -2.13. The van der Waals surface area contributed by atoms with Crippen LogP contribution in [0.4, 0.5) is 4.39 Å². The van der Waals surface area contributed by atoms with Gasteiger partial charge < -0.3 is 4.74 Å². The molecule has 2 nitrogen and oxygen atoms in total. The number of rotatable bonds is 4. The maximum Gasteiger partial charge on any atom is 0.185 e. The summed E-state index contributed by atoms with van der Waals surface area (Å²) in [5, 5.41) is 0.267. The Morgan fingerprint density at radius 3 is 2.50 bits per heavy atom. The highest BCUT2D eigenvalue weighted by molar-refractivity contribution is 6.32. The zero-order valence-corrected chi connectivity index (χ0v) is 11.5. The van der Waals surface area contributed by atoms with E-state index < -0.39 is 5.82 Å².